The van der Waals surface area contributed by atoms with Gasteiger partial charge in [0.25, 0.3) is 0 Å². The normalized spacial score (nSPS) is 18.1. The van der Waals surface area contributed by atoms with Crippen LogP contribution >= 0.6 is 0 Å². The van der Waals surface area contributed by atoms with E-state index in [1.54, 1.807) is 6.07 Å². The SMILES string of the molecule is CN(Cc1ccccc1O)CC1(CO)COC1. The van der Waals surface area contributed by atoms with Crippen molar-refractivity contribution >= 4 is 0 Å². The number of para-hydroxylation sites is 1. The van der Waals surface area contributed by atoms with Crippen molar-refractivity contribution in [3.05, 3.63) is 29.8 Å². The number of aliphatic hydroxyl groups excluding tert-OH is 1. The molecule has 0 amide bonds. The van der Waals surface area contributed by atoms with E-state index in [1.165, 1.54) is 0 Å². The summed E-state index contributed by atoms with van der Waals surface area (Å²) >= 11 is 0. The molecule has 4 nitrogen and oxygen atoms in total. The smallest absolute Gasteiger partial charge is 0.120 e. The number of benzene rings is 1. The minimum absolute atomic E-state index is 0.112. The summed E-state index contributed by atoms with van der Waals surface area (Å²) in [6, 6.07) is 7.33. The Balaban J connectivity index is 1.93. The van der Waals surface area contributed by atoms with Crippen molar-refractivity contribution in [1.29, 1.82) is 0 Å². The molecule has 0 spiro atoms. The molecule has 0 saturated carbocycles. The van der Waals surface area contributed by atoms with E-state index in [1.807, 2.05) is 25.2 Å². The monoisotopic (exact) mass is 237 g/mol. The molecule has 0 radical (unpaired) electrons. The van der Waals surface area contributed by atoms with Crippen molar-refractivity contribution in [1.82, 2.24) is 4.90 Å². The topological polar surface area (TPSA) is 52.9 Å². The molecule has 0 aromatic heterocycles. The lowest BCUT2D eigenvalue weighted by atomic mass is 9.86. The molecule has 0 atom stereocenters. The lowest BCUT2D eigenvalue weighted by Crippen LogP contribution is -2.52. The molecule has 4 heteroatoms. The van der Waals surface area contributed by atoms with Crippen molar-refractivity contribution < 1.29 is 14.9 Å². The van der Waals surface area contributed by atoms with Crippen LogP contribution in [-0.4, -0.2) is 48.5 Å². The van der Waals surface area contributed by atoms with Crippen LogP contribution in [0, 0.1) is 5.41 Å². The van der Waals surface area contributed by atoms with Crippen LogP contribution in [0.25, 0.3) is 0 Å². The highest BCUT2D eigenvalue weighted by Gasteiger charge is 2.38. The van der Waals surface area contributed by atoms with Gasteiger partial charge < -0.3 is 19.8 Å². The standard InChI is InChI=1S/C13H19NO3/c1-14(7-13(8-15)9-17-10-13)6-11-4-2-3-5-12(11)16/h2-5,15-16H,6-10H2,1H3. The first-order valence-corrected chi connectivity index (χ1v) is 5.79. The number of phenolic OH excluding ortho intramolecular Hbond substituents is 1. The maximum absolute atomic E-state index is 9.69. The van der Waals surface area contributed by atoms with Gasteiger partial charge in [-0.2, -0.15) is 0 Å². The summed E-state index contributed by atoms with van der Waals surface area (Å²) < 4.78 is 5.17. The van der Waals surface area contributed by atoms with Gasteiger partial charge in [0.2, 0.25) is 0 Å². The van der Waals surface area contributed by atoms with Gasteiger partial charge in [0.15, 0.2) is 0 Å². The Morgan fingerprint density at radius 3 is 2.59 bits per heavy atom. The van der Waals surface area contributed by atoms with Crippen LogP contribution in [0.1, 0.15) is 5.56 Å². The van der Waals surface area contributed by atoms with Gasteiger partial charge in [-0.3, -0.25) is 0 Å². The van der Waals surface area contributed by atoms with E-state index in [9.17, 15) is 10.2 Å². The zero-order chi connectivity index (χ0) is 12.3. The second kappa shape index (κ2) is 5.04. The molecule has 0 unspecified atom stereocenters. The molecular weight excluding hydrogens is 218 g/mol. The predicted molar refractivity (Wildman–Crippen MR) is 64.8 cm³/mol. The first-order chi connectivity index (χ1) is 8.15. The Morgan fingerprint density at radius 1 is 1.35 bits per heavy atom. The third kappa shape index (κ3) is 2.77. The van der Waals surface area contributed by atoms with Gasteiger partial charge in [-0.05, 0) is 13.1 Å². The van der Waals surface area contributed by atoms with E-state index < -0.39 is 0 Å². The quantitative estimate of drug-likeness (QED) is 0.796. The average Bonchev–Trinajstić information content (AvgIpc) is 2.27. The minimum Gasteiger partial charge on any atom is -0.508 e. The molecule has 0 bridgehead atoms. The number of aromatic hydroxyl groups is 1. The van der Waals surface area contributed by atoms with E-state index >= 15 is 0 Å². The highest BCUT2D eigenvalue weighted by molar-refractivity contribution is 5.31. The Morgan fingerprint density at radius 2 is 2.06 bits per heavy atom. The molecular formula is C13H19NO3. The summed E-state index contributed by atoms with van der Waals surface area (Å²) in [7, 11) is 1.99. The summed E-state index contributed by atoms with van der Waals surface area (Å²) in [5, 5.41) is 19.0. The van der Waals surface area contributed by atoms with Crippen LogP contribution in [-0.2, 0) is 11.3 Å². The molecule has 2 N–H and O–H groups in total. The van der Waals surface area contributed by atoms with Crippen LogP contribution in [0.4, 0.5) is 0 Å². The van der Waals surface area contributed by atoms with E-state index in [0.29, 0.717) is 25.5 Å². The summed E-state index contributed by atoms with van der Waals surface area (Å²) in [6.45, 7) is 2.84. The third-order valence-corrected chi connectivity index (χ3v) is 3.19. The van der Waals surface area contributed by atoms with E-state index in [0.717, 1.165) is 12.1 Å². The Hall–Kier alpha value is -1.10. The van der Waals surface area contributed by atoms with Crippen LogP contribution in [0.3, 0.4) is 0 Å². The number of phenols is 1. The summed E-state index contributed by atoms with van der Waals surface area (Å²) in [6.07, 6.45) is 0. The largest absolute Gasteiger partial charge is 0.508 e. The molecule has 1 aliphatic heterocycles. The number of aliphatic hydroxyl groups is 1. The van der Waals surface area contributed by atoms with Gasteiger partial charge in [-0.15, -0.1) is 0 Å². The number of nitrogens with zero attached hydrogens (tertiary/aromatic N) is 1. The van der Waals surface area contributed by atoms with Crippen molar-refractivity contribution in [2.24, 2.45) is 5.41 Å². The molecule has 2 rings (SSSR count). The van der Waals surface area contributed by atoms with Crippen molar-refractivity contribution in [3.63, 3.8) is 0 Å². The van der Waals surface area contributed by atoms with Gasteiger partial charge >= 0.3 is 0 Å². The zero-order valence-corrected chi connectivity index (χ0v) is 10.1. The second-order valence-electron chi connectivity index (χ2n) is 4.95. The first kappa shape index (κ1) is 12.4. The van der Waals surface area contributed by atoms with Gasteiger partial charge in [0.05, 0.1) is 25.2 Å². The fourth-order valence-corrected chi connectivity index (χ4v) is 2.19. The van der Waals surface area contributed by atoms with Crippen molar-refractivity contribution in [2.75, 3.05) is 33.4 Å². The summed E-state index contributed by atoms with van der Waals surface area (Å²) in [4.78, 5) is 2.10. The van der Waals surface area contributed by atoms with Crippen molar-refractivity contribution in [3.8, 4) is 5.75 Å². The zero-order valence-electron chi connectivity index (χ0n) is 10.1. The molecule has 94 valence electrons. The molecule has 1 heterocycles. The number of hydrogen-bond donors (Lipinski definition) is 2. The average molecular weight is 237 g/mol. The Bertz CT molecular complexity index is 371. The molecule has 1 saturated heterocycles. The lowest BCUT2D eigenvalue weighted by Gasteiger charge is -2.42. The summed E-state index contributed by atoms with van der Waals surface area (Å²) in [5.74, 6) is 0.322. The van der Waals surface area contributed by atoms with Crippen LogP contribution in [0.15, 0.2) is 24.3 Å². The van der Waals surface area contributed by atoms with Crippen molar-refractivity contribution in [2.45, 2.75) is 6.54 Å². The van der Waals surface area contributed by atoms with Crippen LogP contribution < -0.4 is 0 Å². The van der Waals surface area contributed by atoms with E-state index in [2.05, 4.69) is 4.90 Å². The number of hydrogen-bond acceptors (Lipinski definition) is 4. The van der Waals surface area contributed by atoms with Gasteiger partial charge in [-0.25, -0.2) is 0 Å². The van der Waals surface area contributed by atoms with Gasteiger partial charge in [-0.1, -0.05) is 18.2 Å². The van der Waals surface area contributed by atoms with E-state index in [-0.39, 0.29) is 12.0 Å². The highest BCUT2D eigenvalue weighted by Crippen LogP contribution is 2.28. The number of rotatable bonds is 5. The fraction of sp³-hybridized carbons (Fsp3) is 0.538. The highest BCUT2D eigenvalue weighted by atomic mass is 16.5. The molecule has 17 heavy (non-hydrogen) atoms. The predicted octanol–water partition coefficient (Wildman–Crippen LogP) is 0.833. The molecule has 1 aromatic carbocycles. The summed E-state index contributed by atoms with van der Waals surface area (Å²) in [5.41, 5.74) is 0.794. The molecule has 1 fully saturated rings. The molecule has 0 aliphatic carbocycles. The second-order valence-corrected chi connectivity index (χ2v) is 4.95. The minimum atomic E-state index is -0.112. The van der Waals surface area contributed by atoms with Crippen LogP contribution in [0.2, 0.25) is 0 Å². The maximum Gasteiger partial charge on any atom is 0.120 e. The fourth-order valence-electron chi connectivity index (χ4n) is 2.19. The van der Waals surface area contributed by atoms with Gasteiger partial charge in [0.1, 0.15) is 5.75 Å². The lowest BCUT2D eigenvalue weighted by molar-refractivity contribution is -0.147. The molecule has 1 aromatic rings. The Kier molecular flexibility index (Phi) is 3.66. The van der Waals surface area contributed by atoms with Gasteiger partial charge in [0, 0.05) is 18.7 Å². The first-order valence-electron chi connectivity index (χ1n) is 5.79. The molecule has 1 aliphatic rings. The maximum atomic E-state index is 9.69. The Labute approximate surface area is 101 Å². The number of ether oxygens (including phenoxy) is 1. The third-order valence-electron chi connectivity index (χ3n) is 3.19. The van der Waals surface area contributed by atoms with E-state index in [4.69, 9.17) is 4.74 Å². The van der Waals surface area contributed by atoms with Crippen LogP contribution in [0.5, 0.6) is 5.75 Å².